The van der Waals surface area contributed by atoms with Crippen LogP contribution >= 0.6 is 11.3 Å². The SMILES string of the molecule is C=CCNC(N)=NCC(c1cccs1)N1CCOCC1. The number of nitrogens with two attached hydrogens (primary N) is 1. The Kier molecular flexibility index (Phi) is 6.04. The molecule has 0 bridgehead atoms. The summed E-state index contributed by atoms with van der Waals surface area (Å²) in [6.45, 7) is 8.41. The molecule has 1 aliphatic rings. The fraction of sp³-hybridized carbons (Fsp3) is 0.500. The number of nitrogens with zero attached hydrogens (tertiary/aromatic N) is 2. The number of guanidine groups is 1. The first-order chi connectivity index (χ1) is 9.81. The Hall–Kier alpha value is -1.37. The molecule has 110 valence electrons. The highest BCUT2D eigenvalue weighted by atomic mass is 32.1. The molecule has 1 saturated heterocycles. The molecule has 1 atom stereocenters. The Morgan fingerprint density at radius 2 is 2.40 bits per heavy atom. The van der Waals surface area contributed by atoms with Crippen molar-refractivity contribution in [1.29, 1.82) is 0 Å². The Bertz CT molecular complexity index is 426. The van der Waals surface area contributed by atoms with Crippen molar-refractivity contribution in [2.75, 3.05) is 39.4 Å². The molecule has 0 radical (unpaired) electrons. The van der Waals surface area contributed by atoms with Gasteiger partial charge in [-0.25, -0.2) is 0 Å². The molecular formula is C14H22N4OS. The number of rotatable bonds is 6. The highest BCUT2D eigenvalue weighted by Gasteiger charge is 2.23. The van der Waals surface area contributed by atoms with Crippen molar-refractivity contribution >= 4 is 17.3 Å². The van der Waals surface area contributed by atoms with Crippen molar-refractivity contribution in [1.82, 2.24) is 10.2 Å². The van der Waals surface area contributed by atoms with E-state index in [0.29, 0.717) is 19.0 Å². The number of aliphatic imine (C=N–C) groups is 1. The lowest BCUT2D eigenvalue weighted by Crippen LogP contribution is -2.40. The van der Waals surface area contributed by atoms with Gasteiger partial charge in [-0.1, -0.05) is 12.1 Å². The number of thiophene rings is 1. The lowest BCUT2D eigenvalue weighted by molar-refractivity contribution is 0.0187. The van der Waals surface area contributed by atoms with Crippen LogP contribution in [0.5, 0.6) is 0 Å². The Balaban J connectivity index is 2.01. The number of hydrogen-bond donors (Lipinski definition) is 2. The summed E-state index contributed by atoms with van der Waals surface area (Å²) in [5, 5.41) is 5.11. The van der Waals surface area contributed by atoms with Gasteiger partial charge in [0.05, 0.1) is 25.8 Å². The second-order valence-electron chi connectivity index (χ2n) is 4.58. The van der Waals surface area contributed by atoms with Crippen LogP contribution < -0.4 is 11.1 Å². The Morgan fingerprint density at radius 3 is 3.05 bits per heavy atom. The molecule has 0 saturated carbocycles. The summed E-state index contributed by atoms with van der Waals surface area (Å²) in [7, 11) is 0. The van der Waals surface area contributed by atoms with E-state index in [1.54, 1.807) is 17.4 Å². The number of morpholine rings is 1. The van der Waals surface area contributed by atoms with Crippen molar-refractivity contribution in [3.8, 4) is 0 Å². The van der Waals surface area contributed by atoms with Crippen molar-refractivity contribution in [3.05, 3.63) is 35.0 Å². The van der Waals surface area contributed by atoms with Crippen LogP contribution in [0, 0.1) is 0 Å². The second-order valence-corrected chi connectivity index (χ2v) is 5.55. The van der Waals surface area contributed by atoms with Crippen LogP contribution in [0.15, 0.2) is 35.2 Å². The summed E-state index contributed by atoms with van der Waals surface area (Å²) in [5.74, 6) is 0.472. The topological polar surface area (TPSA) is 62.9 Å². The summed E-state index contributed by atoms with van der Waals surface area (Å²) in [5.41, 5.74) is 5.84. The number of ether oxygens (including phenoxy) is 1. The third-order valence-electron chi connectivity index (χ3n) is 3.22. The van der Waals surface area contributed by atoms with E-state index < -0.39 is 0 Å². The molecule has 1 fully saturated rings. The minimum Gasteiger partial charge on any atom is -0.379 e. The molecule has 1 aromatic heterocycles. The average molecular weight is 294 g/mol. The van der Waals surface area contributed by atoms with Gasteiger partial charge in [-0.05, 0) is 11.4 Å². The maximum Gasteiger partial charge on any atom is 0.188 e. The fourth-order valence-electron chi connectivity index (χ4n) is 2.17. The molecular weight excluding hydrogens is 272 g/mol. The van der Waals surface area contributed by atoms with Gasteiger partial charge in [0, 0.05) is 24.5 Å². The smallest absolute Gasteiger partial charge is 0.188 e. The van der Waals surface area contributed by atoms with Crippen molar-refractivity contribution in [3.63, 3.8) is 0 Å². The molecule has 5 nitrogen and oxygen atoms in total. The first-order valence-corrected chi connectivity index (χ1v) is 7.69. The van der Waals surface area contributed by atoms with E-state index in [4.69, 9.17) is 10.5 Å². The van der Waals surface area contributed by atoms with Crippen LogP contribution in [-0.4, -0.2) is 50.3 Å². The van der Waals surface area contributed by atoms with Crippen LogP contribution in [0.3, 0.4) is 0 Å². The maximum atomic E-state index is 5.84. The Morgan fingerprint density at radius 1 is 1.60 bits per heavy atom. The molecule has 6 heteroatoms. The molecule has 0 aromatic carbocycles. The third-order valence-corrected chi connectivity index (χ3v) is 4.19. The van der Waals surface area contributed by atoms with E-state index in [1.165, 1.54) is 4.88 Å². The van der Waals surface area contributed by atoms with E-state index >= 15 is 0 Å². The highest BCUT2D eigenvalue weighted by Crippen LogP contribution is 2.26. The minimum atomic E-state index is 0.281. The maximum absolute atomic E-state index is 5.84. The van der Waals surface area contributed by atoms with Crippen LogP contribution in [0.25, 0.3) is 0 Å². The minimum absolute atomic E-state index is 0.281. The van der Waals surface area contributed by atoms with Crippen molar-refractivity contribution in [2.45, 2.75) is 6.04 Å². The van der Waals surface area contributed by atoms with Gasteiger partial charge in [-0.2, -0.15) is 0 Å². The van der Waals surface area contributed by atoms with E-state index in [9.17, 15) is 0 Å². The van der Waals surface area contributed by atoms with Gasteiger partial charge in [-0.15, -0.1) is 17.9 Å². The molecule has 2 heterocycles. The lowest BCUT2D eigenvalue weighted by atomic mass is 10.2. The largest absolute Gasteiger partial charge is 0.379 e. The number of hydrogen-bond acceptors (Lipinski definition) is 4. The van der Waals surface area contributed by atoms with E-state index in [1.807, 2.05) is 0 Å². The van der Waals surface area contributed by atoms with Gasteiger partial charge in [-0.3, -0.25) is 9.89 Å². The zero-order valence-electron chi connectivity index (χ0n) is 11.6. The van der Waals surface area contributed by atoms with Gasteiger partial charge in [0.2, 0.25) is 0 Å². The Labute approximate surface area is 124 Å². The van der Waals surface area contributed by atoms with Crippen molar-refractivity contribution in [2.24, 2.45) is 10.7 Å². The van der Waals surface area contributed by atoms with Gasteiger partial charge in [0.25, 0.3) is 0 Å². The van der Waals surface area contributed by atoms with Gasteiger partial charge in [0.15, 0.2) is 5.96 Å². The molecule has 20 heavy (non-hydrogen) atoms. The molecule has 1 unspecified atom stereocenters. The lowest BCUT2D eigenvalue weighted by Gasteiger charge is -2.33. The summed E-state index contributed by atoms with van der Waals surface area (Å²) >= 11 is 1.77. The van der Waals surface area contributed by atoms with Crippen LogP contribution in [0.1, 0.15) is 10.9 Å². The van der Waals surface area contributed by atoms with Crippen LogP contribution in [0.4, 0.5) is 0 Å². The molecule has 0 aliphatic carbocycles. The molecule has 0 amide bonds. The van der Waals surface area contributed by atoms with Gasteiger partial charge < -0.3 is 15.8 Å². The highest BCUT2D eigenvalue weighted by molar-refractivity contribution is 7.10. The normalized spacial score (nSPS) is 18.7. The van der Waals surface area contributed by atoms with Gasteiger partial charge >= 0.3 is 0 Å². The van der Waals surface area contributed by atoms with E-state index in [-0.39, 0.29) is 6.04 Å². The van der Waals surface area contributed by atoms with E-state index in [2.05, 4.69) is 39.3 Å². The monoisotopic (exact) mass is 294 g/mol. The van der Waals surface area contributed by atoms with E-state index in [0.717, 1.165) is 26.3 Å². The molecule has 3 N–H and O–H groups in total. The second kappa shape index (κ2) is 8.04. The summed E-state index contributed by atoms with van der Waals surface area (Å²) in [6.07, 6.45) is 1.76. The molecule has 1 aliphatic heterocycles. The predicted molar refractivity (Wildman–Crippen MR) is 84.1 cm³/mol. The van der Waals surface area contributed by atoms with Crippen LogP contribution in [0.2, 0.25) is 0 Å². The summed E-state index contributed by atoms with van der Waals surface area (Å²) < 4.78 is 5.42. The standard InChI is InChI=1S/C14H22N4OS/c1-2-5-16-14(15)17-11-12(13-4-3-10-20-13)18-6-8-19-9-7-18/h2-4,10,12H,1,5-9,11H2,(H3,15,16,17). The summed E-state index contributed by atoms with van der Waals surface area (Å²) in [6, 6.07) is 4.52. The molecule has 2 rings (SSSR count). The fourth-order valence-corrected chi connectivity index (χ4v) is 3.02. The third kappa shape index (κ3) is 4.33. The quantitative estimate of drug-likeness (QED) is 0.470. The van der Waals surface area contributed by atoms with Crippen molar-refractivity contribution < 1.29 is 4.74 Å². The first-order valence-electron chi connectivity index (χ1n) is 6.81. The molecule has 1 aromatic rings. The number of nitrogens with one attached hydrogen (secondary N) is 1. The zero-order chi connectivity index (χ0) is 14.2. The zero-order valence-corrected chi connectivity index (χ0v) is 12.4. The average Bonchev–Trinajstić information content (AvgIpc) is 3.00. The van der Waals surface area contributed by atoms with Gasteiger partial charge in [0.1, 0.15) is 0 Å². The summed E-state index contributed by atoms with van der Waals surface area (Å²) in [4.78, 5) is 8.20. The predicted octanol–water partition coefficient (Wildman–Crippen LogP) is 1.21. The first kappa shape index (κ1) is 15.0. The van der Waals surface area contributed by atoms with Crippen LogP contribution in [-0.2, 0) is 4.74 Å². The molecule has 0 spiro atoms.